The molecule has 0 fully saturated rings. The summed E-state index contributed by atoms with van der Waals surface area (Å²) in [5.74, 6) is -0.121. The van der Waals surface area contributed by atoms with Crippen LogP contribution in [-0.2, 0) is 9.63 Å². The topological polar surface area (TPSA) is 69.4 Å². The fourth-order valence-electron chi connectivity index (χ4n) is 2.02. The van der Waals surface area contributed by atoms with E-state index < -0.39 is 11.2 Å². The molecule has 0 aliphatic rings. The number of hydrogen-bond donors (Lipinski definition) is 0. The average molecular weight is 273 g/mol. The predicted octanol–water partition coefficient (Wildman–Crippen LogP) is 4.07. The van der Waals surface area contributed by atoms with Gasteiger partial charge in [-0.2, -0.15) is 0 Å². The molecule has 0 amide bonds. The first-order valence-electron chi connectivity index (χ1n) is 7.45. The maximum absolute atomic E-state index is 11.9. The van der Waals surface area contributed by atoms with Crippen LogP contribution >= 0.6 is 0 Å². The maximum atomic E-state index is 11.9. The van der Waals surface area contributed by atoms with Gasteiger partial charge in [-0.15, -0.1) is 10.1 Å². The number of carbonyl (C=O) groups excluding carboxylic acids is 1. The summed E-state index contributed by atoms with van der Waals surface area (Å²) in [7, 11) is 0. The zero-order valence-corrected chi connectivity index (χ0v) is 12.2. The van der Waals surface area contributed by atoms with E-state index in [0.29, 0.717) is 12.8 Å². The molecule has 0 saturated heterocycles. The Morgan fingerprint density at radius 1 is 1.05 bits per heavy atom. The van der Waals surface area contributed by atoms with Crippen LogP contribution in [0.3, 0.4) is 0 Å². The first-order valence-corrected chi connectivity index (χ1v) is 7.45. The van der Waals surface area contributed by atoms with E-state index in [1.165, 1.54) is 0 Å². The molecule has 0 heterocycles. The molecule has 0 saturated carbocycles. The van der Waals surface area contributed by atoms with E-state index in [4.69, 9.17) is 0 Å². The molecule has 5 nitrogen and oxygen atoms in total. The molecule has 0 aromatic rings. The minimum absolute atomic E-state index is 0.121. The van der Waals surface area contributed by atoms with Crippen LogP contribution in [0.25, 0.3) is 0 Å². The third-order valence-electron chi connectivity index (χ3n) is 3.17. The highest BCUT2D eigenvalue weighted by molar-refractivity contribution is 5.82. The Balaban J connectivity index is 4.00. The van der Waals surface area contributed by atoms with Crippen molar-refractivity contribution in [1.82, 2.24) is 0 Å². The largest absolute Gasteiger partial charge is 0.303 e. The van der Waals surface area contributed by atoms with Crippen LogP contribution in [0.4, 0.5) is 0 Å². The number of hydrogen-bond acceptors (Lipinski definition) is 4. The maximum Gasteiger partial charge on any atom is 0.295 e. The van der Waals surface area contributed by atoms with Gasteiger partial charge >= 0.3 is 0 Å². The fourth-order valence-corrected chi connectivity index (χ4v) is 2.02. The van der Waals surface area contributed by atoms with Gasteiger partial charge in [-0.3, -0.25) is 4.79 Å². The average Bonchev–Trinajstić information content (AvgIpc) is 2.37. The third-order valence-corrected chi connectivity index (χ3v) is 3.17. The molecule has 112 valence electrons. The quantitative estimate of drug-likeness (QED) is 0.288. The van der Waals surface area contributed by atoms with E-state index in [2.05, 4.69) is 18.7 Å². The molecule has 0 aromatic carbocycles. The Labute approximate surface area is 115 Å². The SMILES string of the molecule is CCCCCCC(=O)C(CCCCCC)O[N+](=O)[O-]. The van der Waals surface area contributed by atoms with Gasteiger partial charge in [-0.25, -0.2) is 0 Å². The normalized spacial score (nSPS) is 12.1. The molecule has 19 heavy (non-hydrogen) atoms. The Bertz CT molecular complexity index is 256. The van der Waals surface area contributed by atoms with E-state index in [0.717, 1.165) is 51.4 Å². The first kappa shape index (κ1) is 17.9. The zero-order valence-electron chi connectivity index (χ0n) is 12.2. The van der Waals surface area contributed by atoms with Gasteiger partial charge in [0.15, 0.2) is 11.9 Å². The lowest BCUT2D eigenvalue weighted by Gasteiger charge is -2.13. The van der Waals surface area contributed by atoms with Crippen LogP contribution in [0.2, 0.25) is 0 Å². The van der Waals surface area contributed by atoms with Crippen molar-refractivity contribution in [1.29, 1.82) is 0 Å². The highest BCUT2D eigenvalue weighted by atomic mass is 17.0. The number of nitrogens with zero attached hydrogens (tertiary/aromatic N) is 1. The van der Waals surface area contributed by atoms with Crippen LogP contribution in [-0.4, -0.2) is 17.0 Å². The van der Waals surface area contributed by atoms with E-state index in [9.17, 15) is 14.9 Å². The second-order valence-corrected chi connectivity index (χ2v) is 4.94. The van der Waals surface area contributed by atoms with Crippen LogP contribution < -0.4 is 0 Å². The molecule has 0 radical (unpaired) electrons. The molecular weight excluding hydrogens is 246 g/mol. The number of ketones is 1. The number of carbonyl (C=O) groups is 1. The van der Waals surface area contributed by atoms with Crippen molar-refractivity contribution in [3.8, 4) is 0 Å². The Morgan fingerprint density at radius 2 is 1.63 bits per heavy atom. The van der Waals surface area contributed by atoms with Crippen LogP contribution in [0.15, 0.2) is 0 Å². The van der Waals surface area contributed by atoms with Gasteiger partial charge in [-0.05, 0) is 12.8 Å². The second-order valence-electron chi connectivity index (χ2n) is 4.94. The van der Waals surface area contributed by atoms with E-state index in [1.54, 1.807) is 0 Å². The van der Waals surface area contributed by atoms with Crippen LogP contribution in [0.1, 0.15) is 78.1 Å². The lowest BCUT2D eigenvalue weighted by molar-refractivity contribution is -0.764. The lowest BCUT2D eigenvalue weighted by atomic mass is 10.0. The summed E-state index contributed by atoms with van der Waals surface area (Å²) in [6.45, 7) is 4.21. The van der Waals surface area contributed by atoms with Crippen molar-refractivity contribution in [3.63, 3.8) is 0 Å². The summed E-state index contributed by atoms with van der Waals surface area (Å²) < 4.78 is 0. The van der Waals surface area contributed by atoms with Gasteiger partial charge in [0.1, 0.15) is 0 Å². The van der Waals surface area contributed by atoms with Crippen molar-refractivity contribution in [2.24, 2.45) is 0 Å². The predicted molar refractivity (Wildman–Crippen MR) is 74.4 cm³/mol. The molecule has 0 aromatic heterocycles. The molecule has 5 heteroatoms. The lowest BCUT2D eigenvalue weighted by Crippen LogP contribution is -2.26. The molecule has 0 rings (SSSR count). The molecule has 1 unspecified atom stereocenters. The summed E-state index contributed by atoms with van der Waals surface area (Å²) in [5, 5.41) is 9.57. The van der Waals surface area contributed by atoms with E-state index in [1.807, 2.05) is 0 Å². The van der Waals surface area contributed by atoms with Gasteiger partial charge in [0, 0.05) is 6.42 Å². The Hall–Kier alpha value is -1.13. The van der Waals surface area contributed by atoms with Crippen molar-refractivity contribution < 1.29 is 14.7 Å². The smallest absolute Gasteiger partial charge is 0.295 e. The van der Waals surface area contributed by atoms with Crippen molar-refractivity contribution >= 4 is 5.78 Å². The molecule has 0 aliphatic heterocycles. The molecule has 1 atom stereocenters. The Kier molecular flexibility index (Phi) is 11.2. The number of unbranched alkanes of at least 4 members (excludes halogenated alkanes) is 6. The standard InChI is InChI=1S/C14H27NO4/c1-3-5-7-9-11-13(16)14(19-15(17)18)12-10-8-6-4-2/h14H,3-12H2,1-2H3. The molecule has 0 aliphatic carbocycles. The van der Waals surface area contributed by atoms with Crippen molar-refractivity contribution in [2.75, 3.05) is 0 Å². The van der Waals surface area contributed by atoms with Gasteiger partial charge in [-0.1, -0.05) is 58.8 Å². The van der Waals surface area contributed by atoms with E-state index in [-0.39, 0.29) is 5.78 Å². The van der Waals surface area contributed by atoms with Gasteiger partial charge in [0.2, 0.25) is 0 Å². The summed E-state index contributed by atoms with van der Waals surface area (Å²) in [4.78, 5) is 26.8. The molecule has 0 spiro atoms. The minimum atomic E-state index is -0.853. The highest BCUT2D eigenvalue weighted by Crippen LogP contribution is 2.13. The van der Waals surface area contributed by atoms with Gasteiger partial charge in [0.25, 0.3) is 5.09 Å². The minimum Gasteiger partial charge on any atom is -0.303 e. The van der Waals surface area contributed by atoms with Gasteiger partial charge < -0.3 is 4.84 Å². The van der Waals surface area contributed by atoms with Gasteiger partial charge in [0.05, 0.1) is 0 Å². The van der Waals surface area contributed by atoms with E-state index >= 15 is 0 Å². The summed E-state index contributed by atoms with van der Waals surface area (Å²) in [5.41, 5.74) is 0. The van der Waals surface area contributed by atoms with Crippen LogP contribution in [0, 0.1) is 10.1 Å². The molecular formula is C14H27NO4. The second kappa shape index (κ2) is 11.9. The Morgan fingerprint density at radius 3 is 2.16 bits per heavy atom. The van der Waals surface area contributed by atoms with Crippen molar-refractivity contribution in [2.45, 2.75) is 84.2 Å². The third kappa shape index (κ3) is 10.5. The summed E-state index contributed by atoms with van der Waals surface area (Å²) >= 11 is 0. The number of Topliss-reactive ketones (excluding diaryl/α,β-unsaturated/α-hetero) is 1. The highest BCUT2D eigenvalue weighted by Gasteiger charge is 2.21. The zero-order chi connectivity index (χ0) is 14.5. The number of rotatable bonds is 13. The van der Waals surface area contributed by atoms with Crippen LogP contribution in [0.5, 0.6) is 0 Å². The monoisotopic (exact) mass is 273 g/mol. The first-order chi connectivity index (χ1) is 9.11. The molecule has 0 N–H and O–H groups in total. The fraction of sp³-hybridized carbons (Fsp3) is 0.929. The summed E-state index contributed by atoms with van der Waals surface area (Å²) in [6.07, 6.45) is 8.03. The van der Waals surface area contributed by atoms with Crippen molar-refractivity contribution in [3.05, 3.63) is 10.1 Å². The summed E-state index contributed by atoms with van der Waals surface area (Å²) in [6, 6.07) is 0. The molecule has 0 bridgehead atoms.